The van der Waals surface area contributed by atoms with Crippen molar-refractivity contribution in [1.82, 2.24) is 15.3 Å². The minimum atomic E-state index is -0.716. The van der Waals surface area contributed by atoms with Gasteiger partial charge < -0.3 is 19.8 Å². The van der Waals surface area contributed by atoms with Gasteiger partial charge in [-0.2, -0.15) is 0 Å². The Morgan fingerprint density at radius 3 is 2.66 bits per heavy atom. The fourth-order valence-corrected chi connectivity index (χ4v) is 3.52. The highest BCUT2D eigenvalue weighted by Crippen LogP contribution is 2.31. The van der Waals surface area contributed by atoms with Crippen LogP contribution in [0.3, 0.4) is 0 Å². The summed E-state index contributed by atoms with van der Waals surface area (Å²) in [6.07, 6.45) is 0.946. The molecule has 1 aromatic heterocycles. The number of benzene rings is 3. The van der Waals surface area contributed by atoms with Crippen LogP contribution in [0.2, 0.25) is 0 Å². The van der Waals surface area contributed by atoms with Gasteiger partial charge in [-0.3, -0.25) is 4.79 Å². The van der Waals surface area contributed by atoms with Crippen molar-refractivity contribution >= 4 is 16.9 Å². The number of carbonyl (C=O) groups excluding carboxylic acids is 1. The highest BCUT2D eigenvalue weighted by atomic mass is 16.6. The molecule has 1 aliphatic heterocycles. The highest BCUT2D eigenvalue weighted by molar-refractivity contribution is 5.83. The lowest BCUT2D eigenvalue weighted by Gasteiger charge is -2.28. The van der Waals surface area contributed by atoms with Crippen LogP contribution in [0.25, 0.3) is 11.0 Å². The lowest BCUT2D eigenvalue weighted by Crippen LogP contribution is -2.45. The van der Waals surface area contributed by atoms with Crippen molar-refractivity contribution in [2.75, 3.05) is 6.61 Å². The Kier molecular flexibility index (Phi) is 4.37. The number of amides is 1. The SMILES string of the molecule is O=C(N[C@H](c1ccccc1)c1ccc2nc[nH]c2c1)[C@H]1COc2ccccc2O1. The van der Waals surface area contributed by atoms with Gasteiger partial charge in [0.1, 0.15) is 6.61 Å². The van der Waals surface area contributed by atoms with Crippen molar-refractivity contribution in [2.45, 2.75) is 12.1 Å². The summed E-state index contributed by atoms with van der Waals surface area (Å²) < 4.78 is 11.6. The molecule has 5 rings (SSSR count). The summed E-state index contributed by atoms with van der Waals surface area (Å²) in [6, 6.07) is 22.8. The average Bonchev–Trinajstić information content (AvgIpc) is 3.25. The van der Waals surface area contributed by atoms with Crippen LogP contribution in [0.15, 0.2) is 79.1 Å². The second-order valence-corrected chi connectivity index (χ2v) is 6.90. The number of H-pyrrole nitrogens is 1. The molecule has 0 bridgehead atoms. The molecule has 0 saturated carbocycles. The first-order valence-corrected chi connectivity index (χ1v) is 9.45. The van der Waals surface area contributed by atoms with Crippen LogP contribution in [0, 0.1) is 0 Å². The normalized spacial score (nSPS) is 16.3. The molecule has 0 radical (unpaired) electrons. The fraction of sp³-hybridized carbons (Fsp3) is 0.130. The van der Waals surface area contributed by atoms with Gasteiger partial charge in [0.2, 0.25) is 6.10 Å². The van der Waals surface area contributed by atoms with E-state index >= 15 is 0 Å². The third kappa shape index (κ3) is 3.40. The van der Waals surface area contributed by atoms with E-state index in [0.717, 1.165) is 22.2 Å². The predicted octanol–water partition coefficient (Wildman–Crippen LogP) is 3.61. The van der Waals surface area contributed by atoms with E-state index in [1.54, 1.807) is 12.4 Å². The third-order valence-corrected chi connectivity index (χ3v) is 5.00. The molecule has 6 heteroatoms. The molecule has 0 fully saturated rings. The molecule has 2 heterocycles. The van der Waals surface area contributed by atoms with Crippen molar-refractivity contribution in [3.63, 3.8) is 0 Å². The molecule has 29 heavy (non-hydrogen) atoms. The molecule has 144 valence electrons. The Morgan fingerprint density at radius 2 is 1.79 bits per heavy atom. The molecule has 4 aromatic rings. The Balaban J connectivity index is 1.43. The molecule has 3 aromatic carbocycles. The van der Waals surface area contributed by atoms with E-state index in [4.69, 9.17) is 9.47 Å². The second kappa shape index (κ2) is 7.31. The van der Waals surface area contributed by atoms with E-state index in [1.165, 1.54) is 0 Å². The number of carbonyl (C=O) groups is 1. The van der Waals surface area contributed by atoms with Crippen molar-refractivity contribution in [3.05, 3.63) is 90.3 Å². The molecule has 1 aliphatic rings. The van der Waals surface area contributed by atoms with Crippen LogP contribution in [-0.2, 0) is 4.79 Å². The summed E-state index contributed by atoms with van der Waals surface area (Å²) in [7, 11) is 0. The molecular weight excluding hydrogens is 366 g/mol. The molecule has 0 saturated heterocycles. The Hall–Kier alpha value is -3.80. The second-order valence-electron chi connectivity index (χ2n) is 6.90. The van der Waals surface area contributed by atoms with Gasteiger partial charge in [-0.1, -0.05) is 48.5 Å². The maximum atomic E-state index is 13.0. The fourth-order valence-electron chi connectivity index (χ4n) is 3.52. The summed E-state index contributed by atoms with van der Waals surface area (Å²) in [5.74, 6) is 1.01. The number of nitrogens with one attached hydrogen (secondary N) is 2. The summed E-state index contributed by atoms with van der Waals surface area (Å²) in [5.41, 5.74) is 3.74. The van der Waals surface area contributed by atoms with Gasteiger partial charge in [-0.15, -0.1) is 0 Å². The van der Waals surface area contributed by atoms with Crippen LogP contribution in [0.5, 0.6) is 11.5 Å². The zero-order valence-corrected chi connectivity index (χ0v) is 15.5. The highest BCUT2D eigenvalue weighted by Gasteiger charge is 2.29. The topological polar surface area (TPSA) is 76.2 Å². The molecule has 2 N–H and O–H groups in total. The van der Waals surface area contributed by atoms with Crippen LogP contribution in [0.4, 0.5) is 0 Å². The van der Waals surface area contributed by atoms with E-state index in [-0.39, 0.29) is 18.6 Å². The smallest absolute Gasteiger partial charge is 0.265 e. The summed E-state index contributed by atoms with van der Waals surface area (Å²) in [6.45, 7) is 0.171. The third-order valence-electron chi connectivity index (χ3n) is 5.00. The number of rotatable bonds is 4. The van der Waals surface area contributed by atoms with Crippen LogP contribution < -0.4 is 14.8 Å². The molecule has 6 nitrogen and oxygen atoms in total. The Labute approximate surface area is 167 Å². The number of fused-ring (bicyclic) bond motifs is 2. The van der Waals surface area contributed by atoms with Gasteiger partial charge in [0.05, 0.1) is 23.4 Å². The Morgan fingerprint density at radius 1 is 1.00 bits per heavy atom. The van der Waals surface area contributed by atoms with Gasteiger partial charge in [-0.25, -0.2) is 4.98 Å². The molecule has 1 amide bonds. The minimum Gasteiger partial charge on any atom is -0.485 e. The van der Waals surface area contributed by atoms with Gasteiger partial charge >= 0.3 is 0 Å². The number of hydrogen-bond donors (Lipinski definition) is 2. The van der Waals surface area contributed by atoms with E-state index in [1.807, 2.05) is 66.7 Å². The lowest BCUT2D eigenvalue weighted by atomic mass is 9.98. The van der Waals surface area contributed by atoms with Gasteiger partial charge in [0.25, 0.3) is 5.91 Å². The van der Waals surface area contributed by atoms with Crippen LogP contribution in [0.1, 0.15) is 17.2 Å². The quantitative estimate of drug-likeness (QED) is 0.563. The number of aromatic amines is 1. The number of para-hydroxylation sites is 2. The van der Waals surface area contributed by atoms with Crippen molar-refractivity contribution in [3.8, 4) is 11.5 Å². The molecule has 0 unspecified atom stereocenters. The number of aromatic nitrogens is 2. The molecule has 0 aliphatic carbocycles. The zero-order chi connectivity index (χ0) is 19.6. The van der Waals surface area contributed by atoms with Crippen LogP contribution in [-0.4, -0.2) is 28.6 Å². The summed E-state index contributed by atoms with van der Waals surface area (Å²) in [5, 5.41) is 3.13. The summed E-state index contributed by atoms with van der Waals surface area (Å²) in [4.78, 5) is 20.4. The van der Waals surface area contributed by atoms with Gasteiger partial charge in [0, 0.05) is 0 Å². The number of hydrogen-bond acceptors (Lipinski definition) is 4. The van der Waals surface area contributed by atoms with Crippen LogP contribution >= 0.6 is 0 Å². The van der Waals surface area contributed by atoms with E-state index in [0.29, 0.717) is 11.5 Å². The maximum absolute atomic E-state index is 13.0. The summed E-state index contributed by atoms with van der Waals surface area (Å²) >= 11 is 0. The molecule has 2 atom stereocenters. The first-order valence-electron chi connectivity index (χ1n) is 9.45. The van der Waals surface area contributed by atoms with E-state index in [2.05, 4.69) is 15.3 Å². The van der Waals surface area contributed by atoms with Gasteiger partial charge in [0.15, 0.2) is 11.5 Å². The number of imidazole rings is 1. The predicted molar refractivity (Wildman–Crippen MR) is 109 cm³/mol. The van der Waals surface area contributed by atoms with Crippen molar-refractivity contribution in [1.29, 1.82) is 0 Å². The standard InChI is InChI=1S/C23H19N3O3/c27-23(21-13-28-19-8-4-5-9-20(19)29-21)26-22(15-6-2-1-3-7-15)16-10-11-17-18(12-16)25-14-24-17/h1-12,14,21-22H,13H2,(H,24,25)(H,26,27)/t21-,22-/m1/s1. The zero-order valence-electron chi connectivity index (χ0n) is 15.5. The first-order chi connectivity index (χ1) is 14.3. The average molecular weight is 385 g/mol. The Bertz CT molecular complexity index is 1160. The largest absolute Gasteiger partial charge is 0.485 e. The minimum absolute atomic E-state index is 0.171. The van der Waals surface area contributed by atoms with Gasteiger partial charge in [-0.05, 0) is 35.4 Å². The maximum Gasteiger partial charge on any atom is 0.265 e. The van der Waals surface area contributed by atoms with Crippen molar-refractivity contribution in [2.24, 2.45) is 0 Å². The number of nitrogens with zero attached hydrogens (tertiary/aromatic N) is 1. The van der Waals surface area contributed by atoms with E-state index in [9.17, 15) is 4.79 Å². The number of ether oxygens (including phenoxy) is 2. The molecular formula is C23H19N3O3. The lowest BCUT2D eigenvalue weighted by molar-refractivity contribution is -0.130. The van der Waals surface area contributed by atoms with E-state index < -0.39 is 6.10 Å². The van der Waals surface area contributed by atoms with Crippen molar-refractivity contribution < 1.29 is 14.3 Å². The first kappa shape index (κ1) is 17.3. The molecule has 0 spiro atoms. The monoisotopic (exact) mass is 385 g/mol.